The van der Waals surface area contributed by atoms with E-state index in [-0.39, 0.29) is 5.97 Å². The average molecular weight is 385 g/mol. The summed E-state index contributed by atoms with van der Waals surface area (Å²) < 4.78 is 6.97. The van der Waals surface area contributed by atoms with Crippen molar-refractivity contribution in [3.05, 3.63) is 29.2 Å². The number of carbonyl (C=O) groups is 1. The molecule has 1 atom stereocenters. The molecule has 2 N–H and O–H groups in total. The molecule has 2 aromatic rings. The fourth-order valence-electron chi connectivity index (χ4n) is 3.90. The van der Waals surface area contributed by atoms with Gasteiger partial charge in [-0.15, -0.1) is 0 Å². The minimum absolute atomic E-state index is 0.338. The Hall–Kier alpha value is -2.68. The van der Waals surface area contributed by atoms with E-state index >= 15 is 0 Å². The monoisotopic (exact) mass is 385 g/mol. The highest BCUT2D eigenvalue weighted by Gasteiger charge is 2.28. The molecule has 2 aliphatic rings. The molecule has 2 aromatic heterocycles. The van der Waals surface area contributed by atoms with Crippen LogP contribution in [0.3, 0.4) is 0 Å². The van der Waals surface area contributed by atoms with Crippen LogP contribution < -0.4 is 15.5 Å². The van der Waals surface area contributed by atoms with Crippen molar-refractivity contribution in [1.29, 1.82) is 0 Å². The number of anilines is 2. The van der Waals surface area contributed by atoms with Crippen molar-refractivity contribution >= 4 is 17.7 Å². The zero-order chi connectivity index (χ0) is 19.5. The van der Waals surface area contributed by atoms with Gasteiger partial charge in [-0.3, -0.25) is 4.68 Å². The van der Waals surface area contributed by atoms with Crippen LogP contribution in [0, 0.1) is 0 Å². The predicted octanol–water partition coefficient (Wildman–Crippen LogP) is 1.11. The molecule has 1 saturated heterocycles. The van der Waals surface area contributed by atoms with Crippen molar-refractivity contribution in [3.63, 3.8) is 0 Å². The van der Waals surface area contributed by atoms with Gasteiger partial charge >= 0.3 is 5.97 Å². The van der Waals surface area contributed by atoms with Gasteiger partial charge in [-0.2, -0.15) is 10.1 Å². The number of ether oxygens (including phenoxy) is 1. The molecule has 1 unspecified atom stereocenters. The van der Waals surface area contributed by atoms with Gasteiger partial charge in [0.2, 0.25) is 5.95 Å². The summed E-state index contributed by atoms with van der Waals surface area (Å²) in [4.78, 5) is 23.5. The number of aryl methyl sites for hydroxylation is 1. The molecule has 2 aliphatic heterocycles. The van der Waals surface area contributed by atoms with Crippen molar-refractivity contribution in [1.82, 2.24) is 25.1 Å². The first kappa shape index (κ1) is 18.7. The molecular formula is C19H27N7O2. The number of hydrogen-bond acceptors (Lipinski definition) is 8. The highest BCUT2D eigenvalue weighted by Crippen LogP contribution is 2.26. The summed E-state index contributed by atoms with van der Waals surface area (Å²) in [6.07, 6.45) is 4.86. The SMILES string of the molecule is CCOC(=O)c1nn(C)c2c1CN(c1ccnc(NC3CCCNC3)n1)CC2. The summed E-state index contributed by atoms with van der Waals surface area (Å²) in [7, 11) is 1.88. The number of rotatable bonds is 5. The van der Waals surface area contributed by atoms with Gasteiger partial charge in [0.1, 0.15) is 5.82 Å². The van der Waals surface area contributed by atoms with Gasteiger partial charge in [0.25, 0.3) is 0 Å². The van der Waals surface area contributed by atoms with Gasteiger partial charge in [-0.05, 0) is 32.4 Å². The van der Waals surface area contributed by atoms with Gasteiger partial charge in [-0.1, -0.05) is 0 Å². The Bertz CT molecular complexity index is 845. The molecule has 0 spiro atoms. The number of esters is 1. The molecule has 0 radical (unpaired) electrons. The number of carbonyl (C=O) groups excluding carboxylic acids is 1. The van der Waals surface area contributed by atoms with E-state index in [0.717, 1.165) is 56.0 Å². The average Bonchev–Trinajstić information content (AvgIpc) is 3.05. The van der Waals surface area contributed by atoms with E-state index in [1.54, 1.807) is 17.8 Å². The zero-order valence-electron chi connectivity index (χ0n) is 16.4. The lowest BCUT2D eigenvalue weighted by atomic mass is 10.1. The smallest absolute Gasteiger partial charge is 0.359 e. The van der Waals surface area contributed by atoms with E-state index in [2.05, 4.69) is 25.6 Å². The lowest BCUT2D eigenvalue weighted by molar-refractivity contribution is 0.0517. The lowest BCUT2D eigenvalue weighted by Gasteiger charge is -2.29. The molecule has 0 amide bonds. The second-order valence-electron chi connectivity index (χ2n) is 7.22. The van der Waals surface area contributed by atoms with E-state index < -0.39 is 0 Å². The molecule has 28 heavy (non-hydrogen) atoms. The molecule has 0 saturated carbocycles. The fourth-order valence-corrected chi connectivity index (χ4v) is 3.90. The number of piperidine rings is 1. The Kier molecular flexibility index (Phi) is 5.43. The molecule has 0 bridgehead atoms. The summed E-state index contributed by atoms with van der Waals surface area (Å²) in [6, 6.07) is 2.26. The van der Waals surface area contributed by atoms with Gasteiger partial charge in [-0.25, -0.2) is 9.78 Å². The number of hydrogen-bond donors (Lipinski definition) is 2. The predicted molar refractivity (Wildman–Crippen MR) is 105 cm³/mol. The van der Waals surface area contributed by atoms with Crippen LogP contribution in [0.4, 0.5) is 11.8 Å². The first-order valence-electron chi connectivity index (χ1n) is 9.92. The van der Waals surface area contributed by atoms with Crippen LogP contribution in [0.2, 0.25) is 0 Å². The van der Waals surface area contributed by atoms with Crippen LogP contribution in [0.15, 0.2) is 12.3 Å². The van der Waals surface area contributed by atoms with Gasteiger partial charge in [0.05, 0.1) is 6.61 Å². The molecule has 4 rings (SSSR count). The summed E-state index contributed by atoms with van der Waals surface area (Å²) in [6.45, 7) is 5.54. The van der Waals surface area contributed by atoms with Gasteiger partial charge in [0, 0.05) is 56.6 Å². The standard InChI is InChI=1S/C19H27N7O2/c1-3-28-18(27)17-14-12-26(10-7-15(14)25(2)24-17)16-6-9-21-19(23-16)22-13-5-4-8-20-11-13/h6,9,13,20H,3-5,7-8,10-12H2,1-2H3,(H,21,22,23). The van der Waals surface area contributed by atoms with Crippen LogP contribution >= 0.6 is 0 Å². The number of nitrogens with one attached hydrogen (secondary N) is 2. The molecule has 9 nitrogen and oxygen atoms in total. The summed E-state index contributed by atoms with van der Waals surface area (Å²) in [5.41, 5.74) is 2.42. The Labute approximate surface area is 164 Å². The van der Waals surface area contributed by atoms with E-state index in [4.69, 9.17) is 9.72 Å². The van der Waals surface area contributed by atoms with Crippen molar-refractivity contribution in [2.75, 3.05) is 36.5 Å². The van der Waals surface area contributed by atoms with Crippen LogP contribution in [0.1, 0.15) is 41.5 Å². The fraction of sp³-hybridized carbons (Fsp3) is 0.579. The third-order valence-corrected chi connectivity index (χ3v) is 5.31. The quantitative estimate of drug-likeness (QED) is 0.739. The molecule has 4 heterocycles. The van der Waals surface area contributed by atoms with E-state index in [1.165, 1.54) is 0 Å². The zero-order valence-corrected chi connectivity index (χ0v) is 16.4. The minimum Gasteiger partial charge on any atom is -0.461 e. The van der Waals surface area contributed by atoms with E-state index in [1.807, 2.05) is 13.1 Å². The Morgan fingerprint density at radius 3 is 3.14 bits per heavy atom. The Balaban J connectivity index is 1.52. The molecule has 0 aliphatic carbocycles. The summed E-state index contributed by atoms with van der Waals surface area (Å²) in [5, 5.41) is 11.2. The summed E-state index contributed by atoms with van der Waals surface area (Å²) in [5.74, 6) is 1.13. The van der Waals surface area contributed by atoms with Crippen LogP contribution in [0.25, 0.3) is 0 Å². The third kappa shape index (κ3) is 3.80. The Morgan fingerprint density at radius 2 is 2.36 bits per heavy atom. The van der Waals surface area contributed by atoms with E-state index in [0.29, 0.717) is 30.8 Å². The lowest BCUT2D eigenvalue weighted by Crippen LogP contribution is -2.39. The molecule has 0 aromatic carbocycles. The largest absolute Gasteiger partial charge is 0.461 e. The van der Waals surface area contributed by atoms with Crippen LogP contribution in [0.5, 0.6) is 0 Å². The normalized spacial score (nSPS) is 19.2. The van der Waals surface area contributed by atoms with Crippen molar-refractivity contribution in [2.24, 2.45) is 7.05 Å². The summed E-state index contributed by atoms with van der Waals surface area (Å²) >= 11 is 0. The topological polar surface area (TPSA) is 97.2 Å². The van der Waals surface area contributed by atoms with Gasteiger partial charge in [0.15, 0.2) is 5.69 Å². The Morgan fingerprint density at radius 1 is 1.46 bits per heavy atom. The number of aromatic nitrogens is 4. The van der Waals surface area contributed by atoms with Crippen molar-refractivity contribution in [3.8, 4) is 0 Å². The number of nitrogens with zero attached hydrogens (tertiary/aromatic N) is 5. The van der Waals surface area contributed by atoms with Crippen molar-refractivity contribution in [2.45, 2.75) is 38.8 Å². The highest BCUT2D eigenvalue weighted by atomic mass is 16.5. The highest BCUT2D eigenvalue weighted by molar-refractivity contribution is 5.89. The maximum absolute atomic E-state index is 12.3. The van der Waals surface area contributed by atoms with E-state index in [9.17, 15) is 4.79 Å². The second-order valence-corrected chi connectivity index (χ2v) is 7.22. The number of fused-ring (bicyclic) bond motifs is 1. The minimum atomic E-state index is -0.365. The maximum Gasteiger partial charge on any atom is 0.359 e. The van der Waals surface area contributed by atoms with Crippen LogP contribution in [-0.2, 0) is 24.8 Å². The molecule has 150 valence electrons. The van der Waals surface area contributed by atoms with Crippen LogP contribution in [-0.4, -0.2) is 58.0 Å². The first-order chi connectivity index (χ1) is 13.7. The van der Waals surface area contributed by atoms with Gasteiger partial charge < -0.3 is 20.3 Å². The first-order valence-corrected chi connectivity index (χ1v) is 9.92. The molecule has 1 fully saturated rings. The molecular weight excluding hydrogens is 358 g/mol. The third-order valence-electron chi connectivity index (χ3n) is 5.31. The second kappa shape index (κ2) is 8.14. The maximum atomic E-state index is 12.3. The van der Waals surface area contributed by atoms with Crippen molar-refractivity contribution < 1.29 is 9.53 Å². The molecule has 9 heteroatoms.